The normalized spacial score (nSPS) is 22.0. The number of hydrogen-bond acceptors (Lipinski definition) is 4. The van der Waals surface area contributed by atoms with Crippen molar-refractivity contribution in [2.45, 2.75) is 24.8 Å². The maximum absolute atomic E-state index is 11.7. The lowest BCUT2D eigenvalue weighted by atomic mass is 10.1. The molecular formula is C16H24N2O2S. The van der Waals surface area contributed by atoms with Crippen molar-refractivity contribution in [2.75, 3.05) is 37.8 Å². The van der Waals surface area contributed by atoms with E-state index in [1.807, 2.05) is 25.1 Å². The second kappa shape index (κ2) is 6.71. The Hall–Kier alpha value is -1.20. The number of benzene rings is 1. The first-order valence-electron chi connectivity index (χ1n) is 7.36. The summed E-state index contributed by atoms with van der Waals surface area (Å²) in [5.41, 5.74) is 1.31. The predicted molar refractivity (Wildman–Crippen MR) is 88.7 cm³/mol. The SMILES string of the molecule is CCSc1cccc(N2CC(C)C(N(C)C)C2)c1C(=O)O. The van der Waals surface area contributed by atoms with Crippen molar-refractivity contribution in [2.24, 2.45) is 5.92 Å². The lowest BCUT2D eigenvalue weighted by molar-refractivity contribution is 0.0694. The molecular weight excluding hydrogens is 284 g/mol. The molecule has 1 N–H and O–H groups in total. The molecule has 0 amide bonds. The Morgan fingerprint density at radius 2 is 2.14 bits per heavy atom. The van der Waals surface area contributed by atoms with Crippen LogP contribution in [0.5, 0.6) is 0 Å². The minimum atomic E-state index is -0.831. The summed E-state index contributed by atoms with van der Waals surface area (Å²) in [6.45, 7) is 6.07. The molecule has 0 radical (unpaired) electrons. The van der Waals surface area contributed by atoms with Gasteiger partial charge in [-0.3, -0.25) is 0 Å². The van der Waals surface area contributed by atoms with E-state index in [9.17, 15) is 9.90 Å². The van der Waals surface area contributed by atoms with E-state index < -0.39 is 5.97 Å². The van der Waals surface area contributed by atoms with Crippen molar-refractivity contribution in [3.05, 3.63) is 23.8 Å². The second-order valence-electron chi connectivity index (χ2n) is 5.80. The lowest BCUT2D eigenvalue weighted by Crippen LogP contribution is -2.34. The number of anilines is 1. The van der Waals surface area contributed by atoms with Crippen LogP contribution in [0.1, 0.15) is 24.2 Å². The summed E-state index contributed by atoms with van der Waals surface area (Å²) in [5.74, 6) is 0.576. The number of rotatable bonds is 5. The summed E-state index contributed by atoms with van der Waals surface area (Å²) >= 11 is 1.59. The molecule has 1 saturated heterocycles. The van der Waals surface area contributed by atoms with Gasteiger partial charge in [-0.25, -0.2) is 4.79 Å². The largest absolute Gasteiger partial charge is 0.478 e. The van der Waals surface area contributed by atoms with Gasteiger partial charge >= 0.3 is 5.97 Å². The molecule has 1 aliphatic rings. The van der Waals surface area contributed by atoms with Crippen LogP contribution in [-0.4, -0.2) is 55.0 Å². The van der Waals surface area contributed by atoms with Gasteiger partial charge < -0.3 is 14.9 Å². The first-order chi connectivity index (χ1) is 9.95. The number of carbonyl (C=O) groups is 1. The number of carboxylic acids is 1. The molecule has 2 rings (SSSR count). The lowest BCUT2D eigenvalue weighted by Gasteiger charge is -2.24. The zero-order valence-electron chi connectivity index (χ0n) is 13.2. The molecule has 0 saturated carbocycles. The summed E-state index contributed by atoms with van der Waals surface area (Å²) in [7, 11) is 4.18. The van der Waals surface area contributed by atoms with E-state index in [2.05, 4.69) is 30.8 Å². The van der Waals surface area contributed by atoms with Crippen LogP contribution >= 0.6 is 11.8 Å². The molecule has 2 atom stereocenters. The van der Waals surface area contributed by atoms with Gasteiger partial charge in [0.2, 0.25) is 0 Å². The monoisotopic (exact) mass is 308 g/mol. The molecule has 1 fully saturated rings. The van der Waals surface area contributed by atoms with Crippen LogP contribution in [0.15, 0.2) is 23.1 Å². The molecule has 2 unspecified atom stereocenters. The minimum absolute atomic E-state index is 0.455. The maximum atomic E-state index is 11.7. The maximum Gasteiger partial charge on any atom is 0.338 e. The standard InChI is InChI=1S/C16H24N2O2S/c1-5-21-14-8-6-7-12(15(14)16(19)20)18-9-11(2)13(10-18)17(3)4/h6-8,11,13H,5,9-10H2,1-4H3,(H,19,20). The smallest absolute Gasteiger partial charge is 0.338 e. The predicted octanol–water partition coefficient (Wildman–Crippen LogP) is 2.88. The van der Waals surface area contributed by atoms with Crippen LogP contribution in [0.4, 0.5) is 5.69 Å². The Morgan fingerprint density at radius 1 is 1.43 bits per heavy atom. The van der Waals surface area contributed by atoms with Crippen LogP contribution in [0.25, 0.3) is 0 Å². The van der Waals surface area contributed by atoms with Crippen molar-refractivity contribution >= 4 is 23.4 Å². The van der Waals surface area contributed by atoms with Crippen molar-refractivity contribution in [1.29, 1.82) is 0 Å². The highest BCUT2D eigenvalue weighted by atomic mass is 32.2. The van der Waals surface area contributed by atoms with Gasteiger partial charge in [0.05, 0.1) is 11.3 Å². The molecule has 4 nitrogen and oxygen atoms in total. The van der Waals surface area contributed by atoms with Crippen LogP contribution in [0.3, 0.4) is 0 Å². The molecule has 1 heterocycles. The van der Waals surface area contributed by atoms with Gasteiger partial charge in [0, 0.05) is 24.0 Å². The van der Waals surface area contributed by atoms with Gasteiger partial charge in [-0.2, -0.15) is 0 Å². The van der Waals surface area contributed by atoms with E-state index in [-0.39, 0.29) is 0 Å². The average Bonchev–Trinajstić information content (AvgIpc) is 2.80. The molecule has 21 heavy (non-hydrogen) atoms. The molecule has 0 aromatic heterocycles. The molecule has 0 spiro atoms. The third-order valence-corrected chi connectivity index (χ3v) is 5.03. The third kappa shape index (κ3) is 3.35. The highest BCUT2D eigenvalue weighted by Crippen LogP contribution is 2.34. The molecule has 1 aliphatic heterocycles. The van der Waals surface area contributed by atoms with Gasteiger partial charge in [0.15, 0.2) is 0 Å². The van der Waals surface area contributed by atoms with Gasteiger partial charge in [0.25, 0.3) is 0 Å². The van der Waals surface area contributed by atoms with Gasteiger partial charge in [-0.05, 0) is 37.9 Å². The summed E-state index contributed by atoms with van der Waals surface area (Å²) in [4.78, 5) is 17.0. The van der Waals surface area contributed by atoms with Crippen molar-refractivity contribution < 1.29 is 9.90 Å². The van der Waals surface area contributed by atoms with E-state index in [4.69, 9.17) is 0 Å². The Morgan fingerprint density at radius 3 is 2.67 bits per heavy atom. The van der Waals surface area contributed by atoms with Gasteiger partial charge in [0.1, 0.15) is 0 Å². The summed E-state index contributed by atoms with van der Waals surface area (Å²) in [6, 6.07) is 6.28. The average molecular weight is 308 g/mol. The summed E-state index contributed by atoms with van der Waals surface area (Å²) in [6.07, 6.45) is 0. The Bertz CT molecular complexity index is 519. The Labute approximate surface area is 131 Å². The Kier molecular flexibility index (Phi) is 5.17. The van der Waals surface area contributed by atoms with Crippen molar-refractivity contribution in [3.63, 3.8) is 0 Å². The van der Waals surface area contributed by atoms with E-state index in [1.165, 1.54) is 0 Å². The number of thioether (sulfide) groups is 1. The molecule has 0 bridgehead atoms. The number of nitrogens with zero attached hydrogens (tertiary/aromatic N) is 2. The molecule has 5 heteroatoms. The summed E-state index contributed by atoms with van der Waals surface area (Å²) in [5, 5.41) is 9.62. The zero-order valence-corrected chi connectivity index (χ0v) is 14.0. The Balaban J connectivity index is 2.36. The van der Waals surface area contributed by atoms with Crippen molar-refractivity contribution in [1.82, 2.24) is 4.90 Å². The quantitative estimate of drug-likeness (QED) is 0.847. The number of likely N-dealkylation sites (N-methyl/N-ethyl adjacent to an activating group) is 1. The number of carboxylic acid groups (broad SMARTS) is 1. The van der Waals surface area contributed by atoms with Crippen LogP contribution in [-0.2, 0) is 0 Å². The fraction of sp³-hybridized carbons (Fsp3) is 0.562. The summed E-state index contributed by atoms with van der Waals surface area (Å²) < 4.78 is 0. The molecule has 1 aromatic rings. The van der Waals surface area contributed by atoms with E-state index >= 15 is 0 Å². The first-order valence-corrected chi connectivity index (χ1v) is 8.34. The van der Waals surface area contributed by atoms with Gasteiger partial charge in [-0.15, -0.1) is 11.8 Å². The van der Waals surface area contributed by atoms with Crippen LogP contribution in [0, 0.1) is 5.92 Å². The van der Waals surface area contributed by atoms with E-state index in [1.54, 1.807) is 11.8 Å². The van der Waals surface area contributed by atoms with E-state index in [0.717, 1.165) is 29.4 Å². The highest BCUT2D eigenvalue weighted by Gasteiger charge is 2.33. The molecule has 0 aliphatic carbocycles. The third-order valence-electron chi connectivity index (χ3n) is 4.09. The van der Waals surface area contributed by atoms with E-state index in [0.29, 0.717) is 17.5 Å². The zero-order chi connectivity index (χ0) is 15.6. The highest BCUT2D eigenvalue weighted by molar-refractivity contribution is 7.99. The fourth-order valence-corrected chi connectivity index (χ4v) is 3.91. The van der Waals surface area contributed by atoms with Crippen molar-refractivity contribution in [3.8, 4) is 0 Å². The van der Waals surface area contributed by atoms with Crippen LogP contribution in [0.2, 0.25) is 0 Å². The van der Waals surface area contributed by atoms with Crippen LogP contribution < -0.4 is 4.90 Å². The first kappa shape index (κ1) is 16.2. The van der Waals surface area contributed by atoms with Gasteiger partial charge in [-0.1, -0.05) is 19.9 Å². The second-order valence-corrected chi connectivity index (χ2v) is 7.11. The number of hydrogen-bond donors (Lipinski definition) is 1. The molecule has 1 aromatic carbocycles. The molecule has 116 valence electrons. The fourth-order valence-electron chi connectivity index (χ4n) is 3.09. The minimum Gasteiger partial charge on any atom is -0.478 e. The topological polar surface area (TPSA) is 43.8 Å². The number of aromatic carboxylic acids is 1.